The van der Waals surface area contributed by atoms with Gasteiger partial charge in [0.15, 0.2) is 0 Å². The summed E-state index contributed by atoms with van der Waals surface area (Å²) in [6.45, 7) is 5.02. The number of thioether (sulfide) groups is 1. The summed E-state index contributed by atoms with van der Waals surface area (Å²) in [6.07, 6.45) is 5.05. The summed E-state index contributed by atoms with van der Waals surface area (Å²) in [5, 5.41) is 0. The van der Waals surface area contributed by atoms with E-state index in [2.05, 4.69) is 25.1 Å². The van der Waals surface area contributed by atoms with Gasteiger partial charge in [-0.05, 0) is 46.5 Å². The normalized spacial score (nSPS) is 13.2. The van der Waals surface area contributed by atoms with Crippen molar-refractivity contribution in [3.8, 4) is 0 Å². The lowest BCUT2D eigenvalue weighted by Crippen LogP contribution is -2.31. The number of carbonyl (C=O) groups excluding carboxylic acids is 1. The second-order valence-electron chi connectivity index (χ2n) is 3.94. The Labute approximate surface area is 92.4 Å². The first-order chi connectivity index (χ1) is 6.57. The van der Waals surface area contributed by atoms with Crippen LogP contribution in [0.1, 0.15) is 33.1 Å². The summed E-state index contributed by atoms with van der Waals surface area (Å²) >= 11 is 1.89. The third kappa shape index (κ3) is 7.39. The van der Waals surface area contributed by atoms with E-state index >= 15 is 0 Å². The molecule has 0 heterocycles. The van der Waals surface area contributed by atoms with Crippen LogP contribution in [0.15, 0.2) is 0 Å². The third-order valence-electron chi connectivity index (χ3n) is 2.45. The Morgan fingerprint density at radius 1 is 1.43 bits per heavy atom. The fourth-order valence-electron chi connectivity index (χ4n) is 1.32. The SMILES string of the molecule is CSCC(C)N(C)CCCCC(C)=O. The molecule has 0 aliphatic carbocycles. The molecule has 0 amide bonds. The minimum Gasteiger partial charge on any atom is -0.303 e. The largest absolute Gasteiger partial charge is 0.303 e. The Bertz CT molecular complexity index is 161. The summed E-state index contributed by atoms with van der Waals surface area (Å²) in [5.41, 5.74) is 0. The summed E-state index contributed by atoms with van der Waals surface area (Å²) in [4.78, 5) is 13.1. The summed E-state index contributed by atoms with van der Waals surface area (Å²) in [6, 6.07) is 0.641. The zero-order chi connectivity index (χ0) is 11.0. The molecule has 0 radical (unpaired) electrons. The van der Waals surface area contributed by atoms with Crippen LogP contribution in [-0.2, 0) is 4.79 Å². The monoisotopic (exact) mass is 217 g/mol. The summed E-state index contributed by atoms with van der Waals surface area (Å²) < 4.78 is 0. The molecule has 2 nitrogen and oxygen atoms in total. The van der Waals surface area contributed by atoms with Gasteiger partial charge in [-0.3, -0.25) is 0 Å². The Morgan fingerprint density at radius 3 is 2.57 bits per heavy atom. The van der Waals surface area contributed by atoms with E-state index in [0.717, 1.165) is 25.8 Å². The minimum atomic E-state index is 0.310. The highest BCUT2D eigenvalue weighted by Crippen LogP contribution is 2.05. The molecule has 0 aromatic rings. The molecule has 0 aromatic heterocycles. The van der Waals surface area contributed by atoms with Crippen molar-refractivity contribution in [2.45, 2.75) is 39.2 Å². The van der Waals surface area contributed by atoms with Crippen LogP contribution >= 0.6 is 11.8 Å². The second kappa shape index (κ2) is 8.30. The lowest BCUT2D eigenvalue weighted by atomic mass is 10.2. The highest BCUT2D eigenvalue weighted by molar-refractivity contribution is 7.98. The first kappa shape index (κ1) is 14.0. The minimum absolute atomic E-state index is 0.310. The predicted molar refractivity (Wildman–Crippen MR) is 65.0 cm³/mol. The van der Waals surface area contributed by atoms with E-state index in [4.69, 9.17) is 0 Å². The lowest BCUT2D eigenvalue weighted by molar-refractivity contribution is -0.117. The zero-order valence-electron chi connectivity index (χ0n) is 9.88. The number of hydrogen-bond acceptors (Lipinski definition) is 3. The maximum atomic E-state index is 10.7. The number of ketones is 1. The maximum Gasteiger partial charge on any atom is 0.129 e. The van der Waals surface area contributed by atoms with Gasteiger partial charge in [0.05, 0.1) is 0 Å². The van der Waals surface area contributed by atoms with Gasteiger partial charge in [0.1, 0.15) is 5.78 Å². The fraction of sp³-hybridized carbons (Fsp3) is 0.909. The van der Waals surface area contributed by atoms with Gasteiger partial charge in [-0.25, -0.2) is 0 Å². The van der Waals surface area contributed by atoms with Gasteiger partial charge < -0.3 is 9.69 Å². The number of Topliss-reactive ketones (excluding diaryl/α,β-unsaturated/α-hetero) is 1. The molecular formula is C11H23NOS. The molecule has 0 aliphatic rings. The molecule has 0 spiro atoms. The first-order valence-corrected chi connectivity index (χ1v) is 6.66. The average Bonchev–Trinajstić information content (AvgIpc) is 2.12. The van der Waals surface area contributed by atoms with E-state index in [9.17, 15) is 4.79 Å². The zero-order valence-corrected chi connectivity index (χ0v) is 10.7. The first-order valence-electron chi connectivity index (χ1n) is 5.26. The van der Waals surface area contributed by atoms with Crippen LogP contribution in [0, 0.1) is 0 Å². The van der Waals surface area contributed by atoms with Crippen molar-refractivity contribution in [3.05, 3.63) is 0 Å². The molecule has 0 saturated carbocycles. The number of unbranched alkanes of at least 4 members (excludes halogenated alkanes) is 1. The van der Waals surface area contributed by atoms with Gasteiger partial charge in [0, 0.05) is 18.2 Å². The van der Waals surface area contributed by atoms with E-state index < -0.39 is 0 Å². The molecule has 1 unspecified atom stereocenters. The number of carbonyl (C=O) groups is 1. The van der Waals surface area contributed by atoms with Crippen molar-refractivity contribution in [2.24, 2.45) is 0 Å². The van der Waals surface area contributed by atoms with Gasteiger partial charge in [-0.2, -0.15) is 11.8 Å². The highest BCUT2D eigenvalue weighted by atomic mass is 32.2. The van der Waals surface area contributed by atoms with Gasteiger partial charge in [0.2, 0.25) is 0 Å². The van der Waals surface area contributed by atoms with Gasteiger partial charge in [-0.1, -0.05) is 0 Å². The number of nitrogens with zero attached hydrogens (tertiary/aromatic N) is 1. The molecule has 84 valence electrons. The van der Waals surface area contributed by atoms with Crippen molar-refractivity contribution in [1.82, 2.24) is 4.90 Å². The Kier molecular flexibility index (Phi) is 8.29. The third-order valence-corrected chi connectivity index (χ3v) is 3.27. The fourth-order valence-corrected chi connectivity index (χ4v) is 2.06. The van der Waals surface area contributed by atoms with Crippen LogP contribution in [0.25, 0.3) is 0 Å². The van der Waals surface area contributed by atoms with Crippen molar-refractivity contribution in [3.63, 3.8) is 0 Å². The molecule has 0 saturated heterocycles. The van der Waals surface area contributed by atoms with Crippen LogP contribution < -0.4 is 0 Å². The van der Waals surface area contributed by atoms with E-state index in [0.29, 0.717) is 11.8 Å². The van der Waals surface area contributed by atoms with E-state index in [-0.39, 0.29) is 0 Å². The van der Waals surface area contributed by atoms with Crippen LogP contribution in [0.5, 0.6) is 0 Å². The highest BCUT2D eigenvalue weighted by Gasteiger charge is 2.07. The molecule has 0 aromatic carbocycles. The van der Waals surface area contributed by atoms with E-state index in [1.807, 2.05) is 11.8 Å². The molecule has 0 fully saturated rings. The smallest absolute Gasteiger partial charge is 0.129 e. The second-order valence-corrected chi connectivity index (χ2v) is 4.85. The summed E-state index contributed by atoms with van der Waals surface area (Å²) in [5.74, 6) is 1.49. The average molecular weight is 217 g/mol. The van der Waals surface area contributed by atoms with Crippen LogP contribution in [0.4, 0.5) is 0 Å². The quantitative estimate of drug-likeness (QED) is 0.582. The molecule has 1 atom stereocenters. The molecule has 0 aliphatic heterocycles. The number of hydrogen-bond donors (Lipinski definition) is 0. The maximum absolute atomic E-state index is 10.7. The molecule has 0 rings (SSSR count). The van der Waals surface area contributed by atoms with Crippen LogP contribution in [-0.4, -0.2) is 42.3 Å². The number of rotatable bonds is 8. The van der Waals surface area contributed by atoms with E-state index in [1.54, 1.807) is 6.92 Å². The van der Waals surface area contributed by atoms with Crippen molar-refractivity contribution >= 4 is 17.5 Å². The van der Waals surface area contributed by atoms with E-state index in [1.165, 1.54) is 5.75 Å². The molecular weight excluding hydrogens is 194 g/mol. The van der Waals surface area contributed by atoms with Gasteiger partial charge >= 0.3 is 0 Å². The molecule has 14 heavy (non-hydrogen) atoms. The van der Waals surface area contributed by atoms with Crippen molar-refractivity contribution in [2.75, 3.05) is 25.6 Å². The van der Waals surface area contributed by atoms with Crippen LogP contribution in [0.3, 0.4) is 0 Å². The summed E-state index contributed by atoms with van der Waals surface area (Å²) in [7, 11) is 2.16. The van der Waals surface area contributed by atoms with Crippen molar-refractivity contribution < 1.29 is 4.79 Å². The topological polar surface area (TPSA) is 20.3 Å². The molecule has 0 bridgehead atoms. The standard InChI is InChI=1S/C11H23NOS/c1-10(9-14-4)12(3)8-6-5-7-11(2)13/h10H,5-9H2,1-4H3. The Balaban J connectivity index is 3.43. The van der Waals surface area contributed by atoms with Crippen molar-refractivity contribution in [1.29, 1.82) is 0 Å². The van der Waals surface area contributed by atoms with Gasteiger partial charge in [-0.15, -0.1) is 0 Å². The Hall–Kier alpha value is -0.0200. The van der Waals surface area contributed by atoms with Crippen LogP contribution in [0.2, 0.25) is 0 Å². The predicted octanol–water partition coefficient (Wildman–Crippen LogP) is 2.43. The molecule has 3 heteroatoms. The van der Waals surface area contributed by atoms with Gasteiger partial charge in [0.25, 0.3) is 0 Å². The lowest BCUT2D eigenvalue weighted by Gasteiger charge is -2.23. The molecule has 0 N–H and O–H groups in total. The Morgan fingerprint density at radius 2 is 2.07 bits per heavy atom.